The van der Waals surface area contributed by atoms with Gasteiger partial charge < -0.3 is 15.7 Å². The first-order valence-corrected chi connectivity index (χ1v) is 9.34. The van der Waals surface area contributed by atoms with Gasteiger partial charge in [-0.1, -0.05) is 25.3 Å². The maximum absolute atomic E-state index is 13.0. The molecule has 1 atom stereocenters. The van der Waals surface area contributed by atoms with Crippen LogP contribution in [0.5, 0.6) is 0 Å². The van der Waals surface area contributed by atoms with Crippen molar-refractivity contribution in [3.8, 4) is 0 Å². The van der Waals surface area contributed by atoms with Crippen LogP contribution in [0, 0.1) is 11.3 Å². The molecule has 1 saturated carbocycles. The van der Waals surface area contributed by atoms with E-state index in [9.17, 15) is 19.5 Å². The lowest BCUT2D eigenvalue weighted by atomic mass is 9.67. The second kappa shape index (κ2) is 7.48. The molecule has 0 spiro atoms. The van der Waals surface area contributed by atoms with E-state index in [0.717, 1.165) is 44.1 Å². The molecular formula is C20H26N2O4. The van der Waals surface area contributed by atoms with Crippen molar-refractivity contribution in [2.45, 2.75) is 51.9 Å². The Hall–Kier alpha value is -2.37. The number of fused-ring (bicyclic) bond motifs is 1. The Kier molecular flexibility index (Phi) is 5.30. The van der Waals surface area contributed by atoms with Gasteiger partial charge in [-0.3, -0.25) is 14.4 Å². The SMILES string of the molecule is CC(CC(=O)O)(C(=O)Nc1ccc2c(c1)C(=O)NCC2)C1CCCCC1. The van der Waals surface area contributed by atoms with Gasteiger partial charge in [0.1, 0.15) is 0 Å². The van der Waals surface area contributed by atoms with E-state index < -0.39 is 11.4 Å². The minimum Gasteiger partial charge on any atom is -0.481 e. The van der Waals surface area contributed by atoms with Crippen LogP contribution in [0.1, 0.15) is 61.4 Å². The molecule has 1 unspecified atom stereocenters. The number of benzene rings is 1. The lowest BCUT2D eigenvalue weighted by molar-refractivity contribution is -0.145. The summed E-state index contributed by atoms with van der Waals surface area (Å²) >= 11 is 0. The summed E-state index contributed by atoms with van der Waals surface area (Å²) in [7, 11) is 0. The zero-order valence-electron chi connectivity index (χ0n) is 15.1. The number of aliphatic carboxylic acids is 1. The molecule has 1 fully saturated rings. The normalized spacial score (nSPS) is 19.8. The maximum Gasteiger partial charge on any atom is 0.304 e. The second-order valence-electron chi connectivity index (χ2n) is 7.65. The van der Waals surface area contributed by atoms with Gasteiger partial charge in [0.05, 0.1) is 11.8 Å². The molecule has 26 heavy (non-hydrogen) atoms. The van der Waals surface area contributed by atoms with Crippen LogP contribution in [-0.4, -0.2) is 29.4 Å². The number of carboxylic acids is 1. The molecule has 0 saturated heterocycles. The monoisotopic (exact) mass is 358 g/mol. The molecule has 0 bridgehead atoms. The van der Waals surface area contributed by atoms with Crippen molar-refractivity contribution in [3.63, 3.8) is 0 Å². The van der Waals surface area contributed by atoms with E-state index in [0.29, 0.717) is 17.8 Å². The lowest BCUT2D eigenvalue weighted by Crippen LogP contribution is -2.42. The first kappa shape index (κ1) is 18.4. The van der Waals surface area contributed by atoms with E-state index >= 15 is 0 Å². The molecule has 3 rings (SSSR count). The van der Waals surface area contributed by atoms with E-state index in [-0.39, 0.29) is 24.2 Å². The van der Waals surface area contributed by atoms with Gasteiger partial charge in [-0.2, -0.15) is 0 Å². The van der Waals surface area contributed by atoms with Gasteiger partial charge >= 0.3 is 5.97 Å². The van der Waals surface area contributed by atoms with Crippen molar-refractivity contribution < 1.29 is 19.5 Å². The standard InChI is InChI=1S/C20H26N2O4/c1-20(12-17(23)24,14-5-3-2-4-6-14)19(26)22-15-8-7-13-9-10-21-18(25)16(13)11-15/h7-8,11,14H,2-6,9-10,12H2,1H3,(H,21,25)(H,22,26)(H,23,24). The molecule has 0 radical (unpaired) electrons. The van der Waals surface area contributed by atoms with Crippen molar-refractivity contribution in [2.75, 3.05) is 11.9 Å². The van der Waals surface area contributed by atoms with Gasteiger partial charge in [-0.25, -0.2) is 0 Å². The maximum atomic E-state index is 13.0. The van der Waals surface area contributed by atoms with Gasteiger partial charge in [-0.15, -0.1) is 0 Å². The van der Waals surface area contributed by atoms with E-state index in [2.05, 4.69) is 10.6 Å². The molecule has 6 heteroatoms. The number of rotatable bonds is 5. The second-order valence-corrected chi connectivity index (χ2v) is 7.65. The Morgan fingerprint density at radius 2 is 2.00 bits per heavy atom. The number of carboxylic acid groups (broad SMARTS) is 1. The summed E-state index contributed by atoms with van der Waals surface area (Å²) in [6.45, 7) is 2.38. The summed E-state index contributed by atoms with van der Waals surface area (Å²) in [6, 6.07) is 5.33. The Labute approximate surface area is 153 Å². The molecule has 2 aliphatic rings. The Morgan fingerprint density at radius 1 is 1.27 bits per heavy atom. The molecule has 1 aromatic rings. The number of carbonyl (C=O) groups is 3. The minimum atomic E-state index is -0.960. The fraction of sp³-hybridized carbons (Fsp3) is 0.550. The van der Waals surface area contributed by atoms with Gasteiger partial charge in [0.25, 0.3) is 5.91 Å². The first-order valence-electron chi connectivity index (χ1n) is 9.34. The third kappa shape index (κ3) is 3.74. The number of amides is 2. The summed E-state index contributed by atoms with van der Waals surface area (Å²) in [5, 5.41) is 15.0. The Morgan fingerprint density at radius 3 is 2.69 bits per heavy atom. The molecule has 6 nitrogen and oxygen atoms in total. The van der Waals surface area contributed by atoms with Crippen LogP contribution < -0.4 is 10.6 Å². The largest absolute Gasteiger partial charge is 0.481 e. The van der Waals surface area contributed by atoms with Gasteiger partial charge in [0.15, 0.2) is 0 Å². The number of carbonyl (C=O) groups excluding carboxylic acids is 2. The predicted molar refractivity (Wildman–Crippen MR) is 98.0 cm³/mol. The van der Waals surface area contributed by atoms with Crippen molar-refractivity contribution in [1.29, 1.82) is 0 Å². The van der Waals surface area contributed by atoms with Crippen LogP contribution in [0.25, 0.3) is 0 Å². The smallest absolute Gasteiger partial charge is 0.304 e. The van der Waals surface area contributed by atoms with Crippen LogP contribution in [-0.2, 0) is 16.0 Å². The van der Waals surface area contributed by atoms with Crippen LogP contribution in [0.4, 0.5) is 5.69 Å². The van der Waals surface area contributed by atoms with E-state index in [4.69, 9.17) is 0 Å². The highest BCUT2D eigenvalue weighted by molar-refractivity contribution is 6.01. The van der Waals surface area contributed by atoms with Crippen molar-refractivity contribution >= 4 is 23.5 Å². The summed E-state index contributed by atoms with van der Waals surface area (Å²) in [4.78, 5) is 36.5. The summed E-state index contributed by atoms with van der Waals surface area (Å²) in [5.74, 6) is -1.31. The van der Waals surface area contributed by atoms with Crippen LogP contribution in [0.3, 0.4) is 0 Å². The highest BCUT2D eigenvalue weighted by Crippen LogP contribution is 2.42. The number of hydrogen-bond acceptors (Lipinski definition) is 3. The van der Waals surface area contributed by atoms with E-state index in [1.54, 1.807) is 19.1 Å². The zero-order chi connectivity index (χ0) is 18.7. The minimum absolute atomic E-state index is 0.0632. The zero-order valence-corrected chi connectivity index (χ0v) is 15.1. The van der Waals surface area contributed by atoms with Gasteiger partial charge in [0.2, 0.25) is 5.91 Å². The van der Waals surface area contributed by atoms with E-state index in [1.165, 1.54) is 0 Å². The molecule has 0 aromatic heterocycles. The van der Waals surface area contributed by atoms with Crippen molar-refractivity contribution in [1.82, 2.24) is 5.32 Å². The summed E-state index contributed by atoms with van der Waals surface area (Å²) < 4.78 is 0. The van der Waals surface area contributed by atoms with Gasteiger partial charge in [0, 0.05) is 17.8 Å². The molecule has 1 heterocycles. The first-order chi connectivity index (χ1) is 12.4. The Balaban J connectivity index is 1.82. The third-order valence-electron chi connectivity index (χ3n) is 5.84. The van der Waals surface area contributed by atoms with Gasteiger partial charge in [-0.05, 0) is 49.8 Å². The third-order valence-corrected chi connectivity index (χ3v) is 5.84. The molecule has 1 aliphatic carbocycles. The van der Waals surface area contributed by atoms with Crippen molar-refractivity contribution in [3.05, 3.63) is 29.3 Å². The average Bonchev–Trinajstić information content (AvgIpc) is 2.62. The average molecular weight is 358 g/mol. The highest BCUT2D eigenvalue weighted by atomic mass is 16.4. The molecule has 1 aliphatic heterocycles. The molecule has 1 aromatic carbocycles. The molecular weight excluding hydrogens is 332 g/mol. The quantitative estimate of drug-likeness (QED) is 0.754. The molecule has 2 amide bonds. The fourth-order valence-corrected chi connectivity index (χ4v) is 4.23. The van der Waals surface area contributed by atoms with Crippen molar-refractivity contribution in [2.24, 2.45) is 11.3 Å². The lowest BCUT2D eigenvalue weighted by Gasteiger charge is -2.37. The van der Waals surface area contributed by atoms with Crippen LogP contribution >= 0.6 is 0 Å². The van der Waals surface area contributed by atoms with E-state index in [1.807, 2.05) is 6.07 Å². The van der Waals surface area contributed by atoms with Crippen LogP contribution in [0.2, 0.25) is 0 Å². The number of anilines is 1. The summed E-state index contributed by atoms with van der Waals surface area (Å²) in [5.41, 5.74) is 1.13. The number of nitrogens with one attached hydrogen (secondary N) is 2. The highest BCUT2D eigenvalue weighted by Gasteiger charge is 2.43. The fourth-order valence-electron chi connectivity index (χ4n) is 4.23. The topological polar surface area (TPSA) is 95.5 Å². The number of hydrogen-bond donors (Lipinski definition) is 3. The molecule has 140 valence electrons. The predicted octanol–water partition coefficient (Wildman–Crippen LogP) is 2.97. The Bertz CT molecular complexity index is 725. The molecule has 3 N–H and O–H groups in total. The summed E-state index contributed by atoms with van der Waals surface area (Å²) in [6.07, 6.45) is 5.55. The van der Waals surface area contributed by atoms with Crippen LogP contribution in [0.15, 0.2) is 18.2 Å².